The maximum Gasteiger partial charge on any atom is 0.0101 e. The highest BCUT2D eigenvalue weighted by molar-refractivity contribution is 5.14. The minimum Gasteiger partial charge on any atom is -0.303 e. The van der Waals surface area contributed by atoms with Gasteiger partial charge in [0.05, 0.1) is 0 Å². The van der Waals surface area contributed by atoms with E-state index in [0.717, 1.165) is 29.7 Å². The smallest absolute Gasteiger partial charge is 0.0101 e. The number of nitrogens with zero attached hydrogens (tertiary/aromatic N) is 1. The molecule has 0 spiro atoms. The Hall–Kier alpha value is -0.300. The van der Waals surface area contributed by atoms with Gasteiger partial charge in [-0.2, -0.15) is 0 Å². The molecule has 5 atom stereocenters. The third-order valence-electron chi connectivity index (χ3n) is 4.73. The molecular weight excluding hydrogens is 182 g/mol. The third-order valence-corrected chi connectivity index (χ3v) is 4.73. The van der Waals surface area contributed by atoms with Gasteiger partial charge in [0.1, 0.15) is 0 Å². The quantitative estimate of drug-likeness (QED) is 0.551. The van der Waals surface area contributed by atoms with E-state index < -0.39 is 0 Å². The molecule has 0 amide bonds. The van der Waals surface area contributed by atoms with E-state index in [0.29, 0.717) is 0 Å². The molecule has 2 bridgehead atoms. The van der Waals surface area contributed by atoms with Crippen molar-refractivity contribution < 1.29 is 0 Å². The number of fused-ring (bicyclic) bond motifs is 1. The highest BCUT2D eigenvalue weighted by Gasteiger charge is 2.48. The van der Waals surface area contributed by atoms with Crippen molar-refractivity contribution in [1.29, 1.82) is 0 Å². The van der Waals surface area contributed by atoms with E-state index in [1.165, 1.54) is 19.4 Å². The summed E-state index contributed by atoms with van der Waals surface area (Å²) in [4.78, 5) is 2.56. The van der Waals surface area contributed by atoms with Crippen molar-refractivity contribution in [2.75, 3.05) is 13.6 Å². The Bertz CT molecular complexity index is 246. The molecule has 0 radical (unpaired) electrons. The lowest BCUT2D eigenvalue weighted by Gasteiger charge is -2.42. The minimum absolute atomic E-state index is 0.822. The molecule has 5 unspecified atom stereocenters. The van der Waals surface area contributed by atoms with Crippen molar-refractivity contribution in [3.8, 4) is 0 Å². The Morgan fingerprint density at radius 3 is 2.20 bits per heavy atom. The summed E-state index contributed by atoms with van der Waals surface area (Å²) in [5.41, 5.74) is 0. The van der Waals surface area contributed by atoms with Crippen LogP contribution in [0.2, 0.25) is 0 Å². The van der Waals surface area contributed by atoms with Crippen molar-refractivity contribution in [3.05, 3.63) is 12.2 Å². The summed E-state index contributed by atoms with van der Waals surface area (Å²) in [6, 6.07) is 0.822. The van der Waals surface area contributed by atoms with Crippen LogP contribution >= 0.6 is 0 Å². The first-order chi connectivity index (χ1) is 7.27. The second kappa shape index (κ2) is 4.29. The molecule has 4 aliphatic rings. The summed E-state index contributed by atoms with van der Waals surface area (Å²) >= 11 is 0. The molecule has 1 heteroatoms. The van der Waals surface area contributed by atoms with Gasteiger partial charge in [-0.15, -0.1) is 0 Å². The van der Waals surface area contributed by atoms with Gasteiger partial charge >= 0.3 is 0 Å². The predicted molar refractivity (Wildman–Crippen MR) is 65.8 cm³/mol. The maximum atomic E-state index is 2.56. The molecule has 0 aromatic carbocycles. The van der Waals surface area contributed by atoms with Gasteiger partial charge in [-0.05, 0) is 50.5 Å². The second-order valence-electron chi connectivity index (χ2n) is 5.21. The molecule has 1 saturated carbocycles. The molecule has 1 saturated heterocycles. The lowest BCUT2D eigenvalue weighted by molar-refractivity contribution is 0.146. The molecule has 4 rings (SSSR count). The van der Waals surface area contributed by atoms with E-state index in [1.807, 2.05) is 13.8 Å². The van der Waals surface area contributed by atoms with Gasteiger partial charge in [-0.25, -0.2) is 0 Å². The van der Waals surface area contributed by atoms with Gasteiger partial charge in [0.15, 0.2) is 0 Å². The molecule has 1 nitrogen and oxygen atoms in total. The van der Waals surface area contributed by atoms with Crippen LogP contribution in [0.4, 0.5) is 0 Å². The first-order valence-electron chi connectivity index (χ1n) is 6.66. The molecule has 0 N–H and O–H groups in total. The molecule has 86 valence electrons. The Kier molecular flexibility index (Phi) is 3.20. The first kappa shape index (κ1) is 11.2. The Morgan fingerprint density at radius 2 is 1.67 bits per heavy atom. The van der Waals surface area contributed by atoms with Crippen LogP contribution in [0.15, 0.2) is 12.2 Å². The molecule has 0 aromatic rings. The van der Waals surface area contributed by atoms with E-state index in [2.05, 4.69) is 31.0 Å². The van der Waals surface area contributed by atoms with Crippen molar-refractivity contribution in [1.82, 2.24) is 4.90 Å². The van der Waals surface area contributed by atoms with Crippen LogP contribution in [0.5, 0.6) is 0 Å². The highest BCUT2D eigenvalue weighted by atomic mass is 15.2. The zero-order valence-corrected chi connectivity index (χ0v) is 10.6. The fraction of sp³-hybridized carbons (Fsp3) is 0.857. The van der Waals surface area contributed by atoms with E-state index in [9.17, 15) is 0 Å². The lowest BCUT2D eigenvalue weighted by Crippen LogP contribution is -2.38. The summed E-state index contributed by atoms with van der Waals surface area (Å²) in [5.74, 6) is 3.80. The minimum atomic E-state index is 0.822. The second-order valence-corrected chi connectivity index (χ2v) is 5.21. The van der Waals surface area contributed by atoms with Crippen molar-refractivity contribution in [3.63, 3.8) is 0 Å². The van der Waals surface area contributed by atoms with E-state index in [-0.39, 0.29) is 0 Å². The highest BCUT2D eigenvalue weighted by Crippen LogP contribution is 2.50. The molecule has 15 heavy (non-hydrogen) atoms. The zero-order valence-electron chi connectivity index (χ0n) is 10.6. The van der Waals surface area contributed by atoms with E-state index in [4.69, 9.17) is 0 Å². The molecule has 0 aromatic heterocycles. The number of allylic oxidation sites excluding steroid dienone is 2. The SMILES string of the molecule is CC.CC1C2C3C=CC(CC3)C2CN1C. The van der Waals surface area contributed by atoms with Gasteiger partial charge in [0.25, 0.3) is 0 Å². The normalized spacial score (nSPS) is 47.3. The molecule has 2 fully saturated rings. The summed E-state index contributed by atoms with van der Waals surface area (Å²) in [7, 11) is 2.29. The number of hydrogen-bond acceptors (Lipinski definition) is 1. The third kappa shape index (κ3) is 1.65. The van der Waals surface area contributed by atoms with Crippen LogP contribution in [0.25, 0.3) is 0 Å². The van der Waals surface area contributed by atoms with E-state index >= 15 is 0 Å². The summed E-state index contributed by atoms with van der Waals surface area (Å²) < 4.78 is 0. The standard InChI is InChI=1S/C12H19N.C2H6/c1-8-12-10-5-3-9(4-6-10)11(12)7-13(8)2;1-2/h3,5,8-12H,4,6-7H2,1-2H3;1-2H3. The van der Waals surface area contributed by atoms with Crippen LogP contribution in [0.1, 0.15) is 33.6 Å². The fourth-order valence-corrected chi connectivity index (χ4v) is 3.91. The summed E-state index contributed by atoms with van der Waals surface area (Å²) in [5, 5.41) is 0. The van der Waals surface area contributed by atoms with Crippen molar-refractivity contribution in [2.24, 2.45) is 23.7 Å². The maximum absolute atomic E-state index is 2.56. The number of rotatable bonds is 0. The van der Waals surface area contributed by atoms with E-state index in [1.54, 1.807) is 0 Å². The first-order valence-corrected chi connectivity index (χ1v) is 6.66. The number of hydrogen-bond donors (Lipinski definition) is 0. The Balaban J connectivity index is 0.000000404. The van der Waals surface area contributed by atoms with Crippen LogP contribution in [-0.2, 0) is 0 Å². The lowest BCUT2D eigenvalue weighted by atomic mass is 9.62. The van der Waals surface area contributed by atoms with Gasteiger partial charge in [0, 0.05) is 12.6 Å². The van der Waals surface area contributed by atoms with Gasteiger partial charge in [-0.3, -0.25) is 0 Å². The number of likely N-dealkylation sites (tertiary alicyclic amines) is 1. The monoisotopic (exact) mass is 207 g/mol. The largest absolute Gasteiger partial charge is 0.303 e. The Labute approximate surface area is 94.5 Å². The zero-order chi connectivity index (χ0) is 11.0. The van der Waals surface area contributed by atoms with Gasteiger partial charge < -0.3 is 4.90 Å². The summed E-state index contributed by atoms with van der Waals surface area (Å²) in [6.07, 6.45) is 7.93. The molecular formula is C14H25N. The van der Waals surface area contributed by atoms with Crippen LogP contribution in [-0.4, -0.2) is 24.5 Å². The van der Waals surface area contributed by atoms with Crippen LogP contribution < -0.4 is 0 Å². The van der Waals surface area contributed by atoms with Crippen LogP contribution in [0, 0.1) is 23.7 Å². The molecule has 1 heterocycles. The van der Waals surface area contributed by atoms with Crippen molar-refractivity contribution >= 4 is 0 Å². The topological polar surface area (TPSA) is 3.24 Å². The van der Waals surface area contributed by atoms with Gasteiger partial charge in [-0.1, -0.05) is 26.0 Å². The average Bonchev–Trinajstić information content (AvgIpc) is 2.62. The van der Waals surface area contributed by atoms with Crippen molar-refractivity contribution in [2.45, 2.75) is 39.7 Å². The summed E-state index contributed by atoms with van der Waals surface area (Å²) in [6.45, 7) is 7.76. The van der Waals surface area contributed by atoms with Crippen LogP contribution in [0.3, 0.4) is 0 Å². The predicted octanol–water partition coefficient (Wildman–Crippen LogP) is 3.17. The Morgan fingerprint density at radius 1 is 1.07 bits per heavy atom. The average molecular weight is 207 g/mol. The molecule has 3 aliphatic carbocycles. The molecule has 1 aliphatic heterocycles. The van der Waals surface area contributed by atoms with Gasteiger partial charge in [0.2, 0.25) is 0 Å². The fourth-order valence-electron chi connectivity index (χ4n) is 3.91.